The summed E-state index contributed by atoms with van der Waals surface area (Å²) in [4.78, 5) is 25.4. The number of carbonyl (C=O) groups excluding carboxylic acids is 2. The van der Waals surface area contributed by atoms with Gasteiger partial charge in [0.05, 0.1) is 6.54 Å². The molecule has 1 fully saturated rings. The number of nitrogens with one attached hydrogen (secondary N) is 1. The van der Waals surface area contributed by atoms with Crippen LogP contribution in [0.2, 0.25) is 0 Å². The van der Waals surface area contributed by atoms with E-state index in [2.05, 4.69) is 12.2 Å². The molecule has 4 nitrogen and oxygen atoms in total. The molecule has 0 bridgehead atoms. The monoisotopic (exact) mass is 246 g/mol. The number of aryl methyl sites for hydroxylation is 1. The van der Waals surface area contributed by atoms with E-state index < -0.39 is 6.04 Å². The van der Waals surface area contributed by atoms with Crippen LogP contribution in [0.3, 0.4) is 0 Å². The third-order valence-corrected chi connectivity index (χ3v) is 3.31. The maximum Gasteiger partial charge on any atom is 0.247 e. The van der Waals surface area contributed by atoms with Crippen LogP contribution in [0, 0.1) is 0 Å². The second kappa shape index (κ2) is 5.21. The lowest BCUT2D eigenvalue weighted by atomic mass is 10.1. The van der Waals surface area contributed by atoms with Crippen molar-refractivity contribution >= 4 is 17.5 Å². The van der Waals surface area contributed by atoms with E-state index in [4.69, 9.17) is 0 Å². The molecule has 0 aliphatic carbocycles. The molecule has 1 aromatic rings. The van der Waals surface area contributed by atoms with Gasteiger partial charge < -0.3 is 5.32 Å². The van der Waals surface area contributed by atoms with Gasteiger partial charge in [0.25, 0.3) is 0 Å². The summed E-state index contributed by atoms with van der Waals surface area (Å²) in [6, 6.07) is 7.44. The lowest BCUT2D eigenvalue weighted by Crippen LogP contribution is -2.58. The maximum atomic E-state index is 12.0. The van der Waals surface area contributed by atoms with Crippen molar-refractivity contribution < 1.29 is 9.59 Å². The number of anilines is 1. The van der Waals surface area contributed by atoms with Crippen molar-refractivity contribution in [2.24, 2.45) is 0 Å². The molecule has 18 heavy (non-hydrogen) atoms. The molecule has 1 saturated heterocycles. The van der Waals surface area contributed by atoms with Crippen LogP contribution in [0.4, 0.5) is 5.69 Å². The normalized spacial score (nSPS) is 19.9. The van der Waals surface area contributed by atoms with Gasteiger partial charge in [0.15, 0.2) is 0 Å². The first-order chi connectivity index (χ1) is 8.67. The summed E-state index contributed by atoms with van der Waals surface area (Å²) in [5.74, 6) is -0.123. The quantitative estimate of drug-likeness (QED) is 0.878. The Labute approximate surface area is 107 Å². The molecule has 1 aliphatic rings. The Morgan fingerprint density at radius 2 is 1.89 bits per heavy atom. The number of hydrogen-bond acceptors (Lipinski definition) is 2. The molecule has 4 heteroatoms. The molecule has 1 aromatic carbocycles. The van der Waals surface area contributed by atoms with Gasteiger partial charge in [0, 0.05) is 5.69 Å². The summed E-state index contributed by atoms with van der Waals surface area (Å²) in [6.07, 6.45) is 1.58. The SMILES string of the molecule is CCc1ccc(N2C(=O)CNC(=O)C2CC)cc1. The highest BCUT2D eigenvalue weighted by atomic mass is 16.2. The van der Waals surface area contributed by atoms with Crippen LogP contribution in [0.15, 0.2) is 24.3 Å². The minimum Gasteiger partial charge on any atom is -0.345 e. The van der Waals surface area contributed by atoms with Crippen molar-refractivity contribution in [3.05, 3.63) is 29.8 Å². The van der Waals surface area contributed by atoms with E-state index in [-0.39, 0.29) is 18.4 Å². The van der Waals surface area contributed by atoms with E-state index in [1.165, 1.54) is 5.56 Å². The molecule has 0 radical (unpaired) electrons. The lowest BCUT2D eigenvalue weighted by molar-refractivity contribution is -0.131. The second-order valence-corrected chi connectivity index (χ2v) is 4.43. The molecule has 0 aromatic heterocycles. The first-order valence-electron chi connectivity index (χ1n) is 6.36. The van der Waals surface area contributed by atoms with Gasteiger partial charge in [-0.25, -0.2) is 0 Å². The number of benzene rings is 1. The summed E-state index contributed by atoms with van der Waals surface area (Å²) in [5.41, 5.74) is 2.03. The second-order valence-electron chi connectivity index (χ2n) is 4.43. The van der Waals surface area contributed by atoms with Gasteiger partial charge in [-0.3, -0.25) is 14.5 Å². The molecule has 2 rings (SSSR count). The van der Waals surface area contributed by atoms with Crippen LogP contribution in [0.1, 0.15) is 25.8 Å². The molecule has 1 aliphatic heterocycles. The summed E-state index contributed by atoms with van der Waals surface area (Å²) in [7, 11) is 0. The molecule has 1 atom stereocenters. The highest BCUT2D eigenvalue weighted by Crippen LogP contribution is 2.22. The first kappa shape index (κ1) is 12.6. The molecule has 96 valence electrons. The predicted octanol–water partition coefficient (Wildman–Crippen LogP) is 1.49. The minimum atomic E-state index is -0.390. The van der Waals surface area contributed by atoms with Crippen LogP contribution < -0.4 is 10.2 Å². The third-order valence-electron chi connectivity index (χ3n) is 3.31. The standard InChI is InChI=1S/C14H18N2O2/c1-3-10-5-7-11(8-6-10)16-12(4-2)14(18)15-9-13(16)17/h5-8,12H,3-4,9H2,1-2H3,(H,15,18). The van der Waals surface area contributed by atoms with Crippen LogP contribution >= 0.6 is 0 Å². The van der Waals surface area contributed by atoms with Gasteiger partial charge in [-0.15, -0.1) is 0 Å². The number of amides is 2. The Hall–Kier alpha value is -1.84. The van der Waals surface area contributed by atoms with Crippen molar-refractivity contribution in [1.29, 1.82) is 0 Å². The van der Waals surface area contributed by atoms with Crippen LogP contribution in [0.25, 0.3) is 0 Å². The Balaban J connectivity index is 2.32. The van der Waals surface area contributed by atoms with Gasteiger partial charge in [-0.2, -0.15) is 0 Å². The lowest BCUT2D eigenvalue weighted by Gasteiger charge is -2.34. The number of hydrogen-bond donors (Lipinski definition) is 1. The van der Waals surface area contributed by atoms with Crippen LogP contribution in [-0.4, -0.2) is 24.4 Å². The first-order valence-corrected chi connectivity index (χ1v) is 6.36. The average molecular weight is 246 g/mol. The van der Waals surface area contributed by atoms with Gasteiger partial charge in [0.2, 0.25) is 11.8 Å². The van der Waals surface area contributed by atoms with E-state index in [9.17, 15) is 9.59 Å². The molecule has 2 amide bonds. The van der Waals surface area contributed by atoms with Crippen molar-refractivity contribution in [1.82, 2.24) is 5.32 Å². The van der Waals surface area contributed by atoms with E-state index in [1.807, 2.05) is 31.2 Å². The van der Waals surface area contributed by atoms with Crippen molar-refractivity contribution in [3.8, 4) is 0 Å². The molecule has 1 N–H and O–H groups in total. The Kier molecular flexibility index (Phi) is 3.65. The molecule has 0 spiro atoms. The fourth-order valence-electron chi connectivity index (χ4n) is 2.24. The van der Waals surface area contributed by atoms with E-state index in [1.54, 1.807) is 4.90 Å². The summed E-state index contributed by atoms with van der Waals surface area (Å²) >= 11 is 0. The fourth-order valence-corrected chi connectivity index (χ4v) is 2.24. The van der Waals surface area contributed by atoms with Gasteiger partial charge in [0.1, 0.15) is 6.04 Å². The number of carbonyl (C=O) groups is 2. The third kappa shape index (κ3) is 2.23. The number of rotatable bonds is 3. The zero-order valence-corrected chi connectivity index (χ0v) is 10.8. The highest BCUT2D eigenvalue weighted by molar-refractivity contribution is 6.06. The molecular formula is C14H18N2O2. The highest BCUT2D eigenvalue weighted by Gasteiger charge is 2.33. The molecule has 1 heterocycles. The minimum absolute atomic E-state index is 0.0503. The molecule has 0 saturated carbocycles. The summed E-state index contributed by atoms with van der Waals surface area (Å²) in [5, 5.41) is 2.62. The number of nitrogens with zero attached hydrogens (tertiary/aromatic N) is 1. The fraction of sp³-hybridized carbons (Fsp3) is 0.429. The summed E-state index contributed by atoms with van der Waals surface area (Å²) < 4.78 is 0. The predicted molar refractivity (Wildman–Crippen MR) is 70.4 cm³/mol. The average Bonchev–Trinajstić information content (AvgIpc) is 2.41. The van der Waals surface area contributed by atoms with E-state index in [0.717, 1.165) is 12.1 Å². The number of piperazine rings is 1. The van der Waals surface area contributed by atoms with Crippen LogP contribution in [0.5, 0.6) is 0 Å². The smallest absolute Gasteiger partial charge is 0.247 e. The van der Waals surface area contributed by atoms with Crippen LogP contribution in [-0.2, 0) is 16.0 Å². The Bertz CT molecular complexity index is 453. The topological polar surface area (TPSA) is 49.4 Å². The molecular weight excluding hydrogens is 228 g/mol. The summed E-state index contributed by atoms with van der Waals surface area (Å²) in [6.45, 7) is 4.09. The zero-order chi connectivity index (χ0) is 13.1. The Morgan fingerprint density at radius 3 is 2.44 bits per heavy atom. The van der Waals surface area contributed by atoms with Gasteiger partial charge in [-0.05, 0) is 30.5 Å². The zero-order valence-electron chi connectivity index (χ0n) is 10.8. The van der Waals surface area contributed by atoms with Crippen molar-refractivity contribution in [2.75, 3.05) is 11.4 Å². The van der Waals surface area contributed by atoms with E-state index in [0.29, 0.717) is 6.42 Å². The largest absolute Gasteiger partial charge is 0.345 e. The van der Waals surface area contributed by atoms with E-state index >= 15 is 0 Å². The van der Waals surface area contributed by atoms with Gasteiger partial charge >= 0.3 is 0 Å². The van der Waals surface area contributed by atoms with Crippen molar-refractivity contribution in [2.45, 2.75) is 32.7 Å². The van der Waals surface area contributed by atoms with Crippen molar-refractivity contribution in [3.63, 3.8) is 0 Å². The maximum absolute atomic E-state index is 12.0. The molecule has 1 unspecified atom stereocenters. The van der Waals surface area contributed by atoms with Gasteiger partial charge in [-0.1, -0.05) is 26.0 Å². The Morgan fingerprint density at radius 1 is 1.22 bits per heavy atom.